The van der Waals surface area contributed by atoms with Gasteiger partial charge in [0.2, 0.25) is 5.89 Å². The predicted molar refractivity (Wildman–Crippen MR) is 107 cm³/mol. The lowest BCUT2D eigenvalue weighted by atomic mass is 10.1. The highest BCUT2D eigenvalue weighted by Gasteiger charge is 2.10. The lowest BCUT2D eigenvalue weighted by Crippen LogP contribution is -1.97. The number of carboxylic acid groups (broad SMARTS) is 1. The molecule has 3 aromatic carbocycles. The zero-order valence-corrected chi connectivity index (χ0v) is 15.5. The average molecular weight is 394 g/mol. The van der Waals surface area contributed by atoms with Gasteiger partial charge in [0, 0.05) is 23.1 Å². The van der Waals surface area contributed by atoms with E-state index in [0.717, 1.165) is 16.6 Å². The highest BCUT2D eigenvalue weighted by molar-refractivity contribution is 6.30. The SMILES string of the molecule is O=C(O)CCc1ccc(-c2nc3ccc(Oc4ccc(Cl)cc4)cc3o2)cc1. The summed E-state index contributed by atoms with van der Waals surface area (Å²) in [6.07, 6.45) is 0.604. The summed E-state index contributed by atoms with van der Waals surface area (Å²) in [6.45, 7) is 0. The van der Waals surface area contributed by atoms with Crippen LogP contribution in [-0.4, -0.2) is 16.1 Å². The van der Waals surface area contributed by atoms with E-state index in [1.807, 2.05) is 36.4 Å². The van der Waals surface area contributed by atoms with E-state index >= 15 is 0 Å². The fourth-order valence-electron chi connectivity index (χ4n) is 2.80. The quantitative estimate of drug-likeness (QED) is 0.437. The summed E-state index contributed by atoms with van der Waals surface area (Å²) >= 11 is 5.89. The van der Waals surface area contributed by atoms with Crippen molar-refractivity contribution in [3.8, 4) is 23.0 Å². The minimum atomic E-state index is -0.806. The van der Waals surface area contributed by atoms with Gasteiger partial charge in [-0.25, -0.2) is 4.98 Å². The van der Waals surface area contributed by atoms with Crippen LogP contribution in [0, 0.1) is 0 Å². The molecule has 0 amide bonds. The molecule has 1 heterocycles. The van der Waals surface area contributed by atoms with Crippen LogP contribution in [0.5, 0.6) is 11.5 Å². The first-order valence-corrected chi connectivity index (χ1v) is 9.10. The summed E-state index contributed by atoms with van der Waals surface area (Å²) < 4.78 is 11.7. The molecule has 0 bridgehead atoms. The maximum absolute atomic E-state index is 10.7. The van der Waals surface area contributed by atoms with Crippen LogP contribution in [-0.2, 0) is 11.2 Å². The maximum Gasteiger partial charge on any atom is 0.303 e. The molecule has 0 saturated heterocycles. The summed E-state index contributed by atoms with van der Waals surface area (Å²) in [5.41, 5.74) is 3.14. The third kappa shape index (κ3) is 4.15. The van der Waals surface area contributed by atoms with Crippen molar-refractivity contribution in [1.29, 1.82) is 0 Å². The van der Waals surface area contributed by atoms with E-state index in [-0.39, 0.29) is 6.42 Å². The van der Waals surface area contributed by atoms with E-state index in [4.69, 9.17) is 25.9 Å². The molecule has 4 aromatic rings. The molecule has 0 atom stereocenters. The Hall–Kier alpha value is -3.31. The topological polar surface area (TPSA) is 72.6 Å². The average Bonchev–Trinajstić information content (AvgIpc) is 3.12. The number of ether oxygens (including phenoxy) is 1. The molecule has 140 valence electrons. The molecule has 0 aliphatic carbocycles. The van der Waals surface area contributed by atoms with Crippen LogP contribution < -0.4 is 4.74 Å². The molecular weight excluding hydrogens is 378 g/mol. The molecule has 5 nitrogen and oxygen atoms in total. The molecule has 0 aliphatic rings. The standard InChI is InChI=1S/C22H16ClNO4/c23-16-6-8-17(9-7-16)27-18-10-11-19-20(13-18)28-22(24-19)15-4-1-14(2-5-15)3-12-21(25)26/h1-2,4-11,13H,3,12H2,(H,25,26). The van der Waals surface area contributed by atoms with Gasteiger partial charge in [0.15, 0.2) is 5.58 Å². The van der Waals surface area contributed by atoms with Crippen molar-refractivity contribution >= 4 is 28.7 Å². The highest BCUT2D eigenvalue weighted by atomic mass is 35.5. The minimum Gasteiger partial charge on any atom is -0.481 e. The van der Waals surface area contributed by atoms with Gasteiger partial charge in [-0.15, -0.1) is 0 Å². The number of hydrogen-bond donors (Lipinski definition) is 1. The second-order valence-electron chi connectivity index (χ2n) is 6.30. The van der Waals surface area contributed by atoms with Gasteiger partial charge in [0.25, 0.3) is 0 Å². The van der Waals surface area contributed by atoms with E-state index in [2.05, 4.69) is 4.98 Å². The highest BCUT2D eigenvalue weighted by Crippen LogP contribution is 2.30. The molecule has 4 rings (SSSR count). The van der Waals surface area contributed by atoms with Crippen molar-refractivity contribution in [3.05, 3.63) is 77.3 Å². The molecule has 0 spiro atoms. The number of fused-ring (bicyclic) bond motifs is 1. The molecule has 0 aliphatic heterocycles. The number of aromatic nitrogens is 1. The van der Waals surface area contributed by atoms with Crippen LogP contribution in [0.15, 0.2) is 71.1 Å². The van der Waals surface area contributed by atoms with Crippen molar-refractivity contribution in [2.45, 2.75) is 12.8 Å². The van der Waals surface area contributed by atoms with Gasteiger partial charge in [0.1, 0.15) is 17.0 Å². The van der Waals surface area contributed by atoms with Crippen LogP contribution in [0.2, 0.25) is 5.02 Å². The van der Waals surface area contributed by atoms with Gasteiger partial charge in [-0.3, -0.25) is 4.79 Å². The minimum absolute atomic E-state index is 0.110. The van der Waals surface area contributed by atoms with E-state index in [0.29, 0.717) is 34.4 Å². The lowest BCUT2D eigenvalue weighted by molar-refractivity contribution is -0.136. The number of rotatable bonds is 6. The number of hydrogen-bond acceptors (Lipinski definition) is 4. The number of nitrogens with zero attached hydrogens (tertiary/aromatic N) is 1. The normalized spacial score (nSPS) is 10.9. The van der Waals surface area contributed by atoms with Crippen LogP contribution in [0.25, 0.3) is 22.6 Å². The first kappa shape index (κ1) is 18.1. The van der Waals surface area contributed by atoms with Crippen molar-refractivity contribution in [3.63, 3.8) is 0 Å². The van der Waals surface area contributed by atoms with Crippen molar-refractivity contribution in [1.82, 2.24) is 4.98 Å². The Kier molecular flexibility index (Phi) is 5.00. The third-order valence-electron chi connectivity index (χ3n) is 4.24. The fraction of sp³-hybridized carbons (Fsp3) is 0.0909. The number of benzene rings is 3. The monoisotopic (exact) mass is 393 g/mol. The summed E-state index contributed by atoms with van der Waals surface area (Å²) in [5.74, 6) is 1.02. The number of oxazole rings is 1. The van der Waals surface area contributed by atoms with Gasteiger partial charge >= 0.3 is 5.97 Å². The summed E-state index contributed by atoms with van der Waals surface area (Å²) in [4.78, 5) is 15.2. The van der Waals surface area contributed by atoms with Crippen LogP contribution >= 0.6 is 11.6 Å². The molecule has 0 radical (unpaired) electrons. The number of carboxylic acids is 1. The zero-order chi connectivity index (χ0) is 19.5. The van der Waals surface area contributed by atoms with E-state index < -0.39 is 5.97 Å². The van der Waals surface area contributed by atoms with Crippen LogP contribution in [0.1, 0.15) is 12.0 Å². The van der Waals surface area contributed by atoms with E-state index in [1.54, 1.807) is 30.3 Å². The lowest BCUT2D eigenvalue weighted by Gasteiger charge is -2.04. The molecule has 1 N–H and O–H groups in total. The zero-order valence-electron chi connectivity index (χ0n) is 14.8. The Bertz CT molecular complexity index is 1120. The van der Waals surface area contributed by atoms with Crippen molar-refractivity contribution in [2.75, 3.05) is 0 Å². The van der Waals surface area contributed by atoms with E-state index in [1.165, 1.54) is 0 Å². The van der Waals surface area contributed by atoms with Gasteiger partial charge in [-0.2, -0.15) is 0 Å². The number of aliphatic carboxylic acids is 1. The largest absolute Gasteiger partial charge is 0.481 e. The number of carbonyl (C=O) groups is 1. The van der Waals surface area contributed by atoms with Crippen LogP contribution in [0.3, 0.4) is 0 Å². The fourth-order valence-corrected chi connectivity index (χ4v) is 2.92. The van der Waals surface area contributed by atoms with Gasteiger partial charge < -0.3 is 14.3 Å². The summed E-state index contributed by atoms with van der Waals surface area (Å²) in [7, 11) is 0. The maximum atomic E-state index is 10.7. The van der Waals surface area contributed by atoms with Crippen LogP contribution in [0.4, 0.5) is 0 Å². The van der Waals surface area contributed by atoms with Crippen molar-refractivity contribution < 1.29 is 19.1 Å². The third-order valence-corrected chi connectivity index (χ3v) is 4.49. The molecule has 0 fully saturated rings. The Morgan fingerprint density at radius 2 is 1.71 bits per heavy atom. The first-order chi connectivity index (χ1) is 13.6. The van der Waals surface area contributed by atoms with Crippen molar-refractivity contribution in [2.24, 2.45) is 0 Å². The Balaban J connectivity index is 1.54. The second-order valence-corrected chi connectivity index (χ2v) is 6.73. The molecular formula is C22H16ClNO4. The summed E-state index contributed by atoms with van der Waals surface area (Å²) in [5, 5.41) is 9.42. The second kappa shape index (κ2) is 7.74. The number of halogens is 1. The van der Waals surface area contributed by atoms with Gasteiger partial charge in [-0.05, 0) is 60.5 Å². The van der Waals surface area contributed by atoms with E-state index in [9.17, 15) is 4.79 Å². The molecule has 0 saturated carbocycles. The Morgan fingerprint density at radius 1 is 1.00 bits per heavy atom. The van der Waals surface area contributed by atoms with Gasteiger partial charge in [0.05, 0.1) is 0 Å². The molecule has 0 unspecified atom stereocenters. The first-order valence-electron chi connectivity index (χ1n) is 8.72. The molecule has 28 heavy (non-hydrogen) atoms. The van der Waals surface area contributed by atoms with Gasteiger partial charge in [-0.1, -0.05) is 23.7 Å². The Labute approximate surface area is 166 Å². The Morgan fingerprint density at radius 3 is 2.43 bits per heavy atom. The molecule has 1 aromatic heterocycles. The molecule has 6 heteroatoms. The summed E-state index contributed by atoms with van der Waals surface area (Å²) in [6, 6.07) is 20.1. The smallest absolute Gasteiger partial charge is 0.303 e. The number of aryl methyl sites for hydroxylation is 1. The predicted octanol–water partition coefficient (Wildman–Crippen LogP) is 5.96.